The second-order valence-corrected chi connectivity index (χ2v) is 5.37. The topological polar surface area (TPSA) is 88.2 Å². The smallest absolute Gasteiger partial charge is 0.252 e. The Balaban J connectivity index is 2.69. The molecule has 1 rings (SSSR count). The largest absolute Gasteiger partial charge is 0.388 e. The first-order valence-electron chi connectivity index (χ1n) is 5.77. The SMILES string of the molecule is CCCC(C)(O)CNC(=O)c1cc(N)ncc1Br. The van der Waals surface area contributed by atoms with E-state index in [0.717, 1.165) is 6.42 Å². The van der Waals surface area contributed by atoms with Crippen LogP contribution in [0.2, 0.25) is 0 Å². The Hall–Kier alpha value is -1.14. The van der Waals surface area contributed by atoms with E-state index in [1.54, 1.807) is 6.92 Å². The Morgan fingerprint density at radius 3 is 2.94 bits per heavy atom. The monoisotopic (exact) mass is 315 g/mol. The number of nitrogens with one attached hydrogen (secondary N) is 1. The first kappa shape index (κ1) is 14.9. The van der Waals surface area contributed by atoms with Gasteiger partial charge >= 0.3 is 0 Å². The van der Waals surface area contributed by atoms with E-state index in [-0.39, 0.29) is 18.3 Å². The molecule has 1 amide bonds. The van der Waals surface area contributed by atoms with Crippen molar-refractivity contribution in [1.82, 2.24) is 10.3 Å². The first-order valence-corrected chi connectivity index (χ1v) is 6.56. The molecule has 0 saturated heterocycles. The average Bonchev–Trinajstić information content (AvgIpc) is 2.29. The molecule has 0 spiro atoms. The number of anilines is 1. The van der Waals surface area contributed by atoms with Gasteiger partial charge in [0.15, 0.2) is 0 Å². The van der Waals surface area contributed by atoms with Crippen LogP contribution in [-0.4, -0.2) is 28.1 Å². The minimum absolute atomic E-state index is 0.203. The molecule has 0 aliphatic heterocycles. The van der Waals surface area contributed by atoms with E-state index in [0.29, 0.717) is 16.5 Å². The fourth-order valence-electron chi connectivity index (χ4n) is 1.62. The highest BCUT2D eigenvalue weighted by Crippen LogP contribution is 2.17. The second-order valence-electron chi connectivity index (χ2n) is 4.52. The summed E-state index contributed by atoms with van der Waals surface area (Å²) in [4.78, 5) is 15.8. The first-order chi connectivity index (χ1) is 8.35. The number of aromatic nitrogens is 1. The maximum Gasteiger partial charge on any atom is 0.252 e. The van der Waals surface area contributed by atoms with Crippen LogP contribution in [0.3, 0.4) is 0 Å². The van der Waals surface area contributed by atoms with Crippen LogP contribution in [0.4, 0.5) is 5.82 Å². The van der Waals surface area contributed by atoms with Crippen molar-refractivity contribution in [2.45, 2.75) is 32.3 Å². The molecule has 1 heterocycles. The molecule has 100 valence electrons. The van der Waals surface area contributed by atoms with Crippen LogP contribution in [0.1, 0.15) is 37.0 Å². The predicted octanol–water partition coefficient (Wildman–Crippen LogP) is 1.71. The summed E-state index contributed by atoms with van der Waals surface area (Å²) in [5, 5.41) is 12.7. The Kier molecular flexibility index (Phi) is 5.10. The van der Waals surface area contributed by atoms with Crippen molar-refractivity contribution in [3.8, 4) is 0 Å². The molecular weight excluding hydrogens is 298 g/mol. The third kappa shape index (κ3) is 4.27. The van der Waals surface area contributed by atoms with Crippen LogP contribution >= 0.6 is 15.9 Å². The Bertz CT molecular complexity index is 435. The zero-order valence-corrected chi connectivity index (χ0v) is 12.1. The Morgan fingerprint density at radius 1 is 1.67 bits per heavy atom. The fourth-order valence-corrected chi connectivity index (χ4v) is 2.02. The van der Waals surface area contributed by atoms with E-state index in [2.05, 4.69) is 26.2 Å². The van der Waals surface area contributed by atoms with Crippen LogP contribution in [0, 0.1) is 0 Å². The minimum Gasteiger partial charge on any atom is -0.388 e. The molecule has 0 aliphatic rings. The summed E-state index contributed by atoms with van der Waals surface area (Å²) in [5.41, 5.74) is 5.05. The molecule has 1 aromatic rings. The summed E-state index contributed by atoms with van der Waals surface area (Å²) >= 11 is 3.24. The highest BCUT2D eigenvalue weighted by Gasteiger charge is 2.21. The summed E-state index contributed by atoms with van der Waals surface area (Å²) in [5.74, 6) is -0.00368. The van der Waals surface area contributed by atoms with Gasteiger partial charge in [0.05, 0.1) is 11.2 Å². The van der Waals surface area contributed by atoms with Gasteiger partial charge in [0.2, 0.25) is 0 Å². The van der Waals surface area contributed by atoms with Gasteiger partial charge in [-0.1, -0.05) is 13.3 Å². The van der Waals surface area contributed by atoms with E-state index >= 15 is 0 Å². The number of nitrogen functional groups attached to an aromatic ring is 1. The lowest BCUT2D eigenvalue weighted by molar-refractivity contribution is 0.0469. The van der Waals surface area contributed by atoms with Crippen molar-refractivity contribution < 1.29 is 9.90 Å². The maximum atomic E-state index is 11.9. The number of hydrogen-bond donors (Lipinski definition) is 3. The standard InChI is InChI=1S/C12H18BrN3O2/c1-3-4-12(2,18)7-16-11(17)8-5-10(14)15-6-9(8)13/h5-6,18H,3-4,7H2,1-2H3,(H2,14,15)(H,16,17). The highest BCUT2D eigenvalue weighted by molar-refractivity contribution is 9.10. The molecule has 4 N–H and O–H groups in total. The Morgan fingerprint density at radius 2 is 2.33 bits per heavy atom. The summed E-state index contributed by atoms with van der Waals surface area (Å²) in [7, 11) is 0. The number of aliphatic hydroxyl groups is 1. The number of pyridine rings is 1. The number of amides is 1. The zero-order chi connectivity index (χ0) is 13.8. The fraction of sp³-hybridized carbons (Fsp3) is 0.500. The van der Waals surface area contributed by atoms with Crippen LogP contribution in [0.5, 0.6) is 0 Å². The van der Waals surface area contributed by atoms with Crippen molar-refractivity contribution in [3.05, 3.63) is 22.3 Å². The van der Waals surface area contributed by atoms with Gasteiger partial charge in [-0.05, 0) is 35.3 Å². The molecule has 6 heteroatoms. The third-order valence-corrected chi connectivity index (χ3v) is 3.17. The average molecular weight is 316 g/mol. The number of hydrogen-bond acceptors (Lipinski definition) is 4. The molecule has 18 heavy (non-hydrogen) atoms. The van der Waals surface area contributed by atoms with Crippen LogP contribution in [-0.2, 0) is 0 Å². The predicted molar refractivity (Wildman–Crippen MR) is 74.2 cm³/mol. The zero-order valence-electron chi connectivity index (χ0n) is 10.5. The van der Waals surface area contributed by atoms with E-state index in [9.17, 15) is 9.90 Å². The number of rotatable bonds is 5. The van der Waals surface area contributed by atoms with E-state index in [4.69, 9.17) is 5.73 Å². The maximum absolute atomic E-state index is 11.9. The molecule has 5 nitrogen and oxygen atoms in total. The quantitative estimate of drug-likeness (QED) is 0.771. The highest BCUT2D eigenvalue weighted by atomic mass is 79.9. The molecule has 1 atom stereocenters. The number of halogens is 1. The summed E-state index contributed by atoms with van der Waals surface area (Å²) in [6.45, 7) is 3.89. The molecule has 1 aromatic heterocycles. The third-order valence-electron chi connectivity index (χ3n) is 2.54. The van der Waals surface area contributed by atoms with E-state index in [1.807, 2.05) is 6.92 Å². The van der Waals surface area contributed by atoms with Crippen molar-refractivity contribution in [3.63, 3.8) is 0 Å². The van der Waals surface area contributed by atoms with Crippen molar-refractivity contribution in [2.24, 2.45) is 0 Å². The van der Waals surface area contributed by atoms with Crippen molar-refractivity contribution in [1.29, 1.82) is 0 Å². The second kappa shape index (κ2) is 6.15. The van der Waals surface area contributed by atoms with Gasteiger partial charge in [-0.25, -0.2) is 4.98 Å². The van der Waals surface area contributed by atoms with Crippen LogP contribution < -0.4 is 11.1 Å². The van der Waals surface area contributed by atoms with Gasteiger partial charge in [0.1, 0.15) is 5.82 Å². The molecule has 0 bridgehead atoms. The number of carbonyl (C=O) groups is 1. The van der Waals surface area contributed by atoms with Gasteiger partial charge in [0.25, 0.3) is 5.91 Å². The van der Waals surface area contributed by atoms with Gasteiger partial charge < -0.3 is 16.2 Å². The minimum atomic E-state index is -0.893. The normalized spacial score (nSPS) is 14.0. The molecular formula is C12H18BrN3O2. The van der Waals surface area contributed by atoms with Crippen molar-refractivity contribution >= 4 is 27.7 Å². The van der Waals surface area contributed by atoms with Gasteiger partial charge in [-0.3, -0.25) is 4.79 Å². The van der Waals surface area contributed by atoms with E-state index in [1.165, 1.54) is 12.3 Å². The van der Waals surface area contributed by atoms with Crippen molar-refractivity contribution in [2.75, 3.05) is 12.3 Å². The summed E-state index contributed by atoms with van der Waals surface area (Å²) < 4.78 is 0.573. The molecule has 0 fully saturated rings. The molecule has 0 aliphatic carbocycles. The van der Waals surface area contributed by atoms with Gasteiger partial charge in [-0.15, -0.1) is 0 Å². The number of nitrogens with zero attached hydrogens (tertiary/aromatic N) is 1. The van der Waals surface area contributed by atoms with E-state index < -0.39 is 5.60 Å². The molecule has 0 aromatic carbocycles. The lowest BCUT2D eigenvalue weighted by atomic mass is 10.0. The van der Waals surface area contributed by atoms with Crippen LogP contribution in [0.15, 0.2) is 16.7 Å². The molecule has 0 saturated carbocycles. The van der Waals surface area contributed by atoms with Gasteiger partial charge in [-0.2, -0.15) is 0 Å². The number of nitrogens with two attached hydrogens (primary N) is 1. The summed E-state index contributed by atoms with van der Waals surface area (Å²) in [6.07, 6.45) is 2.97. The van der Waals surface area contributed by atoms with Gasteiger partial charge in [0, 0.05) is 17.2 Å². The lowest BCUT2D eigenvalue weighted by Crippen LogP contribution is -2.40. The molecule has 1 unspecified atom stereocenters. The molecule has 0 radical (unpaired) electrons. The van der Waals surface area contributed by atoms with Crippen LogP contribution in [0.25, 0.3) is 0 Å². The Labute approximate surface area is 115 Å². The number of carbonyl (C=O) groups excluding carboxylic acids is 1. The summed E-state index contributed by atoms with van der Waals surface area (Å²) in [6, 6.07) is 1.49. The lowest BCUT2D eigenvalue weighted by Gasteiger charge is -2.23.